The van der Waals surface area contributed by atoms with Crippen molar-refractivity contribution in [3.8, 4) is 0 Å². The average molecular weight is 258 g/mol. The highest BCUT2D eigenvalue weighted by Crippen LogP contribution is 2.20. The summed E-state index contributed by atoms with van der Waals surface area (Å²) in [6.07, 6.45) is 1.20. The first kappa shape index (κ1) is 14.8. The average Bonchev–Trinajstić information content (AvgIpc) is 2.69. The number of carboxylic acid groups (broad SMARTS) is 1. The van der Waals surface area contributed by atoms with Crippen LogP contribution in [-0.4, -0.2) is 63.8 Å². The Hall–Kier alpha value is -1.30. The lowest BCUT2D eigenvalue weighted by atomic mass is 10.2. The van der Waals surface area contributed by atoms with Gasteiger partial charge in [0.1, 0.15) is 6.04 Å². The second kappa shape index (κ2) is 6.04. The normalized spacial score (nSPS) is 25.0. The minimum atomic E-state index is -1.06. The first-order chi connectivity index (χ1) is 8.38. The quantitative estimate of drug-likeness (QED) is 0.779. The molecule has 1 heterocycles. The largest absolute Gasteiger partial charge is 0.480 e. The van der Waals surface area contributed by atoms with E-state index in [1.807, 2.05) is 13.8 Å². The number of hydrogen-bond donors (Lipinski definition) is 2. The second-order valence-electron chi connectivity index (χ2n) is 4.93. The smallest absolute Gasteiger partial charge is 0.326 e. The van der Waals surface area contributed by atoms with E-state index in [4.69, 9.17) is 5.11 Å². The maximum Gasteiger partial charge on any atom is 0.326 e. The maximum absolute atomic E-state index is 12.2. The van der Waals surface area contributed by atoms with Crippen molar-refractivity contribution in [1.29, 1.82) is 0 Å². The Labute approximate surface area is 107 Å². The van der Waals surface area contributed by atoms with E-state index in [-0.39, 0.29) is 25.0 Å². The maximum atomic E-state index is 12.2. The van der Waals surface area contributed by atoms with E-state index < -0.39 is 18.1 Å². The Morgan fingerprint density at radius 1 is 1.50 bits per heavy atom. The van der Waals surface area contributed by atoms with Crippen LogP contribution in [0.5, 0.6) is 0 Å². The lowest BCUT2D eigenvalue weighted by molar-refractivity contribution is -0.141. The number of carboxylic acids is 1. The van der Waals surface area contributed by atoms with Crippen molar-refractivity contribution in [3.63, 3.8) is 0 Å². The number of aliphatic carboxylic acids is 1. The number of aliphatic hydroxyl groups excluding tert-OH is 1. The molecule has 0 radical (unpaired) electrons. The standard InChI is InChI=1S/C12H22N2O4/c1-4-5-8(2)13(3)12(18)14-7-9(15)6-10(14)11(16)17/h8-10,15H,4-7H2,1-3H3,(H,16,17)/t8?,9-,10+/m1/s1. The van der Waals surface area contributed by atoms with Gasteiger partial charge in [-0.1, -0.05) is 13.3 Å². The molecule has 0 bridgehead atoms. The van der Waals surface area contributed by atoms with E-state index in [1.54, 1.807) is 11.9 Å². The summed E-state index contributed by atoms with van der Waals surface area (Å²) in [5.41, 5.74) is 0. The summed E-state index contributed by atoms with van der Waals surface area (Å²) < 4.78 is 0. The van der Waals surface area contributed by atoms with Crippen LogP contribution < -0.4 is 0 Å². The molecule has 1 fully saturated rings. The van der Waals surface area contributed by atoms with Crippen molar-refractivity contribution >= 4 is 12.0 Å². The topological polar surface area (TPSA) is 81.1 Å². The molecule has 1 saturated heterocycles. The van der Waals surface area contributed by atoms with Crippen LogP contribution in [0.15, 0.2) is 0 Å². The van der Waals surface area contributed by atoms with Gasteiger partial charge in [-0.25, -0.2) is 9.59 Å². The van der Waals surface area contributed by atoms with Crippen molar-refractivity contribution in [2.24, 2.45) is 0 Å². The number of carbonyl (C=O) groups excluding carboxylic acids is 1. The van der Waals surface area contributed by atoms with Gasteiger partial charge in [0.15, 0.2) is 0 Å². The van der Waals surface area contributed by atoms with Gasteiger partial charge in [0.2, 0.25) is 0 Å². The van der Waals surface area contributed by atoms with Gasteiger partial charge in [-0.05, 0) is 13.3 Å². The number of likely N-dealkylation sites (tertiary alicyclic amines) is 1. The van der Waals surface area contributed by atoms with Crippen LogP contribution >= 0.6 is 0 Å². The van der Waals surface area contributed by atoms with E-state index in [1.165, 1.54) is 4.90 Å². The van der Waals surface area contributed by atoms with Crippen molar-refractivity contribution in [2.45, 2.75) is 51.3 Å². The van der Waals surface area contributed by atoms with Crippen molar-refractivity contribution in [3.05, 3.63) is 0 Å². The molecule has 0 aromatic heterocycles. The molecule has 1 aliphatic rings. The van der Waals surface area contributed by atoms with Gasteiger partial charge < -0.3 is 20.0 Å². The highest BCUT2D eigenvalue weighted by atomic mass is 16.4. The minimum absolute atomic E-state index is 0.0645. The molecule has 3 atom stereocenters. The van der Waals surface area contributed by atoms with Crippen LogP contribution in [0.25, 0.3) is 0 Å². The van der Waals surface area contributed by atoms with E-state index in [9.17, 15) is 14.7 Å². The third-order valence-electron chi connectivity index (χ3n) is 3.48. The van der Waals surface area contributed by atoms with Crippen LogP contribution in [0.4, 0.5) is 4.79 Å². The van der Waals surface area contributed by atoms with Crippen LogP contribution in [-0.2, 0) is 4.79 Å². The Bertz CT molecular complexity index is 321. The van der Waals surface area contributed by atoms with Crippen molar-refractivity contribution in [2.75, 3.05) is 13.6 Å². The minimum Gasteiger partial charge on any atom is -0.480 e. The molecule has 6 nitrogen and oxygen atoms in total. The first-order valence-electron chi connectivity index (χ1n) is 6.32. The fourth-order valence-electron chi connectivity index (χ4n) is 2.26. The zero-order chi connectivity index (χ0) is 13.9. The lowest BCUT2D eigenvalue weighted by Crippen LogP contribution is -2.49. The molecule has 1 unspecified atom stereocenters. The number of nitrogens with zero attached hydrogens (tertiary/aromatic N) is 2. The summed E-state index contributed by atoms with van der Waals surface area (Å²) >= 11 is 0. The van der Waals surface area contributed by atoms with Gasteiger partial charge >= 0.3 is 12.0 Å². The summed E-state index contributed by atoms with van der Waals surface area (Å²) in [5.74, 6) is -1.06. The molecule has 2 amide bonds. The highest BCUT2D eigenvalue weighted by Gasteiger charge is 2.40. The molecule has 1 rings (SSSR count). The van der Waals surface area contributed by atoms with Crippen LogP contribution in [0.3, 0.4) is 0 Å². The molecule has 0 spiro atoms. The fourth-order valence-corrected chi connectivity index (χ4v) is 2.26. The first-order valence-corrected chi connectivity index (χ1v) is 6.32. The van der Waals surface area contributed by atoms with Gasteiger partial charge in [0.25, 0.3) is 0 Å². The van der Waals surface area contributed by atoms with E-state index >= 15 is 0 Å². The zero-order valence-electron chi connectivity index (χ0n) is 11.2. The Morgan fingerprint density at radius 3 is 2.61 bits per heavy atom. The third kappa shape index (κ3) is 3.13. The molecular formula is C12H22N2O4. The Morgan fingerprint density at radius 2 is 2.11 bits per heavy atom. The second-order valence-corrected chi connectivity index (χ2v) is 4.93. The molecule has 0 aromatic rings. The SMILES string of the molecule is CCCC(C)N(C)C(=O)N1C[C@H](O)C[C@H]1C(=O)O. The van der Waals surface area contributed by atoms with E-state index in [0.717, 1.165) is 12.8 Å². The number of amides is 2. The van der Waals surface area contributed by atoms with E-state index in [0.29, 0.717) is 0 Å². The molecule has 0 aromatic carbocycles. The molecule has 0 aliphatic carbocycles. The van der Waals surface area contributed by atoms with Crippen LogP contribution in [0.1, 0.15) is 33.1 Å². The number of hydrogen-bond acceptors (Lipinski definition) is 3. The molecule has 6 heteroatoms. The van der Waals surface area contributed by atoms with Crippen LogP contribution in [0.2, 0.25) is 0 Å². The molecule has 104 valence electrons. The summed E-state index contributed by atoms with van der Waals surface area (Å²) in [6.45, 7) is 4.07. The van der Waals surface area contributed by atoms with Crippen molar-refractivity contribution in [1.82, 2.24) is 9.80 Å². The highest BCUT2D eigenvalue weighted by molar-refractivity contribution is 5.83. The number of urea groups is 1. The molecule has 18 heavy (non-hydrogen) atoms. The van der Waals surface area contributed by atoms with Crippen LogP contribution in [0, 0.1) is 0 Å². The summed E-state index contributed by atoms with van der Waals surface area (Å²) in [5, 5.41) is 18.6. The number of carbonyl (C=O) groups is 2. The molecule has 0 saturated carbocycles. The van der Waals surface area contributed by atoms with Gasteiger partial charge in [0.05, 0.1) is 6.10 Å². The number of aliphatic hydroxyl groups is 1. The number of β-amino-alcohol motifs (C(OH)–C–C–N with tert-alkyl or cyclic N) is 1. The predicted octanol–water partition coefficient (Wildman–Crippen LogP) is 0.747. The third-order valence-corrected chi connectivity index (χ3v) is 3.48. The van der Waals surface area contributed by atoms with Gasteiger partial charge in [-0.3, -0.25) is 0 Å². The van der Waals surface area contributed by atoms with Gasteiger partial charge in [-0.2, -0.15) is 0 Å². The summed E-state index contributed by atoms with van der Waals surface area (Å²) in [4.78, 5) is 26.1. The van der Waals surface area contributed by atoms with Gasteiger partial charge in [0, 0.05) is 26.1 Å². The predicted molar refractivity (Wildman–Crippen MR) is 66.3 cm³/mol. The molecule has 1 aliphatic heterocycles. The number of rotatable bonds is 4. The lowest BCUT2D eigenvalue weighted by Gasteiger charge is -2.31. The molecule has 2 N–H and O–H groups in total. The Balaban J connectivity index is 2.73. The zero-order valence-corrected chi connectivity index (χ0v) is 11.2. The summed E-state index contributed by atoms with van der Waals surface area (Å²) in [6, 6.07) is -1.17. The Kier molecular flexibility index (Phi) is 4.95. The monoisotopic (exact) mass is 258 g/mol. The van der Waals surface area contributed by atoms with Gasteiger partial charge in [-0.15, -0.1) is 0 Å². The summed E-state index contributed by atoms with van der Waals surface area (Å²) in [7, 11) is 1.67. The fraction of sp³-hybridized carbons (Fsp3) is 0.833. The molecular weight excluding hydrogens is 236 g/mol. The van der Waals surface area contributed by atoms with Crippen molar-refractivity contribution < 1.29 is 19.8 Å². The van der Waals surface area contributed by atoms with E-state index in [2.05, 4.69) is 0 Å².